The molecule has 15 heavy (non-hydrogen) atoms. The van der Waals surface area contributed by atoms with Crippen LogP contribution in [0.25, 0.3) is 0 Å². The lowest BCUT2D eigenvalue weighted by molar-refractivity contribution is -0.108. The van der Waals surface area contributed by atoms with Gasteiger partial charge >= 0.3 is 5.97 Å². The molecule has 80 valence electrons. The molecule has 0 saturated heterocycles. The number of hydrogen-bond donors (Lipinski definition) is 1. The molecule has 0 spiro atoms. The van der Waals surface area contributed by atoms with E-state index in [0.29, 0.717) is 5.56 Å². The van der Waals surface area contributed by atoms with Gasteiger partial charge in [0.2, 0.25) is 0 Å². The molecule has 1 rings (SSSR count). The first kappa shape index (κ1) is 11.2. The first-order valence-corrected chi connectivity index (χ1v) is 4.46. The molecule has 1 N–H and O–H groups in total. The molecule has 1 aromatic carbocycles. The molecule has 1 atom stereocenters. The number of hydrogen-bond acceptors (Lipinski definition) is 4. The van der Waals surface area contributed by atoms with Gasteiger partial charge < -0.3 is 14.6 Å². The maximum atomic E-state index is 11.2. The molecule has 0 aliphatic heterocycles. The summed E-state index contributed by atoms with van der Waals surface area (Å²) in [4.78, 5) is 21.8. The predicted molar refractivity (Wildman–Crippen MR) is 53.9 cm³/mol. The zero-order chi connectivity index (χ0) is 11.4. The monoisotopic (exact) mass is 208 g/mol. The molecule has 1 unspecified atom stereocenters. The van der Waals surface area contributed by atoms with E-state index in [1.165, 1.54) is 19.2 Å². The lowest BCUT2D eigenvalue weighted by atomic mass is 10.00. The topological polar surface area (TPSA) is 63.6 Å². The van der Waals surface area contributed by atoms with E-state index in [2.05, 4.69) is 4.74 Å². The molecule has 0 aromatic heterocycles. The van der Waals surface area contributed by atoms with Crippen molar-refractivity contribution in [1.29, 1.82) is 0 Å². The Morgan fingerprint density at radius 2 is 2.20 bits per heavy atom. The second-order valence-corrected chi connectivity index (χ2v) is 3.19. The molecular weight excluding hydrogens is 196 g/mol. The summed E-state index contributed by atoms with van der Waals surface area (Å²) in [6.07, 6.45) is 0.771. The van der Waals surface area contributed by atoms with Crippen molar-refractivity contribution in [1.82, 2.24) is 0 Å². The quantitative estimate of drug-likeness (QED) is 0.603. The maximum absolute atomic E-state index is 11.2. The number of phenolic OH excluding ortho intramolecular Hbond substituents is 1. The fourth-order valence-electron chi connectivity index (χ4n) is 1.19. The van der Waals surface area contributed by atoms with Gasteiger partial charge in [-0.25, -0.2) is 4.79 Å². The molecule has 0 aliphatic rings. The van der Waals surface area contributed by atoms with Crippen LogP contribution in [0.15, 0.2) is 18.2 Å². The summed E-state index contributed by atoms with van der Waals surface area (Å²) in [6.45, 7) is 1.71. The Balaban J connectivity index is 3.16. The highest BCUT2D eigenvalue weighted by molar-refractivity contribution is 5.92. The van der Waals surface area contributed by atoms with Crippen LogP contribution < -0.4 is 0 Å². The summed E-state index contributed by atoms with van der Waals surface area (Å²) >= 11 is 0. The van der Waals surface area contributed by atoms with Crippen LogP contribution in [0.4, 0.5) is 0 Å². The van der Waals surface area contributed by atoms with Crippen LogP contribution in [0.1, 0.15) is 28.8 Å². The van der Waals surface area contributed by atoms with E-state index in [4.69, 9.17) is 0 Å². The van der Waals surface area contributed by atoms with Gasteiger partial charge in [-0.1, -0.05) is 13.0 Å². The molecule has 0 heterocycles. The summed E-state index contributed by atoms with van der Waals surface area (Å²) in [7, 11) is 1.23. The second kappa shape index (κ2) is 4.59. The molecule has 0 fully saturated rings. The first-order chi connectivity index (χ1) is 7.10. The third kappa shape index (κ3) is 2.34. The lowest BCUT2D eigenvalue weighted by Gasteiger charge is -2.07. The number of carbonyl (C=O) groups is 2. The van der Waals surface area contributed by atoms with E-state index in [0.717, 1.165) is 6.29 Å². The van der Waals surface area contributed by atoms with Crippen molar-refractivity contribution in [2.24, 2.45) is 0 Å². The van der Waals surface area contributed by atoms with Crippen molar-refractivity contribution in [2.45, 2.75) is 12.8 Å². The predicted octanol–water partition coefficient (Wildman–Crippen LogP) is 1.48. The zero-order valence-corrected chi connectivity index (χ0v) is 8.56. The molecule has 0 amide bonds. The molecular formula is C11H12O4. The molecule has 1 aromatic rings. The van der Waals surface area contributed by atoms with Crippen molar-refractivity contribution < 1.29 is 19.4 Å². The molecule has 0 bridgehead atoms. The van der Waals surface area contributed by atoms with Crippen LogP contribution in [0.5, 0.6) is 5.75 Å². The van der Waals surface area contributed by atoms with E-state index in [9.17, 15) is 14.7 Å². The number of methoxy groups -OCH3 is 1. The smallest absolute Gasteiger partial charge is 0.341 e. The number of benzene rings is 1. The van der Waals surface area contributed by atoms with Gasteiger partial charge in [0.1, 0.15) is 17.6 Å². The number of esters is 1. The number of rotatable bonds is 3. The van der Waals surface area contributed by atoms with Gasteiger partial charge in [0.15, 0.2) is 0 Å². The van der Waals surface area contributed by atoms with E-state index in [1.807, 2.05) is 0 Å². The summed E-state index contributed by atoms with van der Waals surface area (Å²) < 4.78 is 4.50. The van der Waals surface area contributed by atoms with Crippen LogP contribution in [-0.2, 0) is 9.53 Å². The Morgan fingerprint density at radius 1 is 1.53 bits per heavy atom. The molecule has 0 aliphatic carbocycles. The SMILES string of the molecule is COC(=O)c1cc(C(C)C=O)ccc1O. The number of ether oxygens (including phenoxy) is 1. The normalized spacial score (nSPS) is 11.9. The fraction of sp³-hybridized carbons (Fsp3) is 0.273. The Kier molecular flexibility index (Phi) is 3.44. The first-order valence-electron chi connectivity index (χ1n) is 4.46. The van der Waals surface area contributed by atoms with Crippen molar-refractivity contribution >= 4 is 12.3 Å². The van der Waals surface area contributed by atoms with E-state index >= 15 is 0 Å². The Bertz CT molecular complexity index is 384. The fourth-order valence-corrected chi connectivity index (χ4v) is 1.19. The molecule has 4 heteroatoms. The van der Waals surface area contributed by atoms with Gasteiger partial charge in [0, 0.05) is 5.92 Å². The third-order valence-corrected chi connectivity index (χ3v) is 2.16. The van der Waals surface area contributed by atoms with Crippen molar-refractivity contribution in [3.05, 3.63) is 29.3 Å². The summed E-state index contributed by atoms with van der Waals surface area (Å²) in [5, 5.41) is 9.40. The number of phenols is 1. The summed E-state index contributed by atoms with van der Waals surface area (Å²) in [5.74, 6) is -1.08. The summed E-state index contributed by atoms with van der Waals surface area (Å²) in [6, 6.07) is 4.43. The summed E-state index contributed by atoms with van der Waals surface area (Å²) in [5.41, 5.74) is 0.743. The average Bonchev–Trinajstić information content (AvgIpc) is 2.27. The second-order valence-electron chi connectivity index (χ2n) is 3.19. The van der Waals surface area contributed by atoms with Gasteiger partial charge in [-0.2, -0.15) is 0 Å². The third-order valence-electron chi connectivity index (χ3n) is 2.16. The highest BCUT2D eigenvalue weighted by Crippen LogP contribution is 2.23. The largest absolute Gasteiger partial charge is 0.507 e. The van der Waals surface area contributed by atoms with Crippen molar-refractivity contribution in [3.63, 3.8) is 0 Å². The Hall–Kier alpha value is -1.84. The number of aldehydes is 1. The van der Waals surface area contributed by atoms with Crippen molar-refractivity contribution in [2.75, 3.05) is 7.11 Å². The van der Waals surface area contributed by atoms with Crippen LogP contribution in [0.2, 0.25) is 0 Å². The van der Waals surface area contributed by atoms with E-state index < -0.39 is 5.97 Å². The highest BCUT2D eigenvalue weighted by atomic mass is 16.5. The van der Waals surface area contributed by atoms with Crippen LogP contribution >= 0.6 is 0 Å². The van der Waals surface area contributed by atoms with Gasteiger partial charge in [-0.05, 0) is 17.7 Å². The van der Waals surface area contributed by atoms with Crippen LogP contribution in [-0.4, -0.2) is 24.5 Å². The number of carbonyl (C=O) groups excluding carboxylic acids is 2. The average molecular weight is 208 g/mol. The lowest BCUT2D eigenvalue weighted by Crippen LogP contribution is -2.04. The van der Waals surface area contributed by atoms with Gasteiger partial charge in [0.25, 0.3) is 0 Å². The minimum absolute atomic E-state index is 0.0729. The van der Waals surface area contributed by atoms with Crippen LogP contribution in [0.3, 0.4) is 0 Å². The zero-order valence-electron chi connectivity index (χ0n) is 8.56. The number of aromatic hydroxyl groups is 1. The minimum Gasteiger partial charge on any atom is -0.507 e. The highest BCUT2D eigenvalue weighted by Gasteiger charge is 2.14. The standard InChI is InChI=1S/C11H12O4/c1-7(6-12)8-3-4-10(13)9(5-8)11(14)15-2/h3-7,13H,1-2H3. The molecule has 0 saturated carbocycles. The van der Waals surface area contributed by atoms with Gasteiger partial charge in [-0.15, -0.1) is 0 Å². The van der Waals surface area contributed by atoms with Gasteiger partial charge in [0.05, 0.1) is 7.11 Å². The van der Waals surface area contributed by atoms with E-state index in [-0.39, 0.29) is 17.2 Å². The minimum atomic E-state index is -0.618. The Morgan fingerprint density at radius 3 is 2.73 bits per heavy atom. The Labute approximate surface area is 87.5 Å². The van der Waals surface area contributed by atoms with Gasteiger partial charge in [-0.3, -0.25) is 0 Å². The molecule has 0 radical (unpaired) electrons. The molecule has 4 nitrogen and oxygen atoms in total. The van der Waals surface area contributed by atoms with Crippen LogP contribution in [0, 0.1) is 0 Å². The maximum Gasteiger partial charge on any atom is 0.341 e. The van der Waals surface area contributed by atoms with E-state index in [1.54, 1.807) is 13.0 Å². The van der Waals surface area contributed by atoms with Crippen molar-refractivity contribution in [3.8, 4) is 5.75 Å².